The molecule has 2 heterocycles. The molecule has 13 heavy (non-hydrogen) atoms. The Morgan fingerprint density at radius 3 is 3.08 bits per heavy atom. The van der Waals surface area contributed by atoms with Crippen LogP contribution in [0.3, 0.4) is 0 Å². The molecule has 0 bridgehead atoms. The Balaban J connectivity index is 2.70. The molecule has 0 unspecified atom stereocenters. The molecule has 68 valence electrons. The maximum Gasteiger partial charge on any atom is 0.161 e. The number of nitrogen functional groups attached to an aromatic ring is 1. The maximum absolute atomic E-state index is 5.63. The highest BCUT2D eigenvalue weighted by atomic mass is 35.5. The average molecular weight is 215 g/mol. The van der Waals surface area contributed by atoms with Gasteiger partial charge in [0.05, 0.1) is 16.1 Å². The minimum atomic E-state index is 0.292. The number of hydrogen-bond acceptors (Lipinski definition) is 5. The fourth-order valence-corrected chi connectivity index (χ4v) is 1.97. The van der Waals surface area contributed by atoms with Crippen LogP contribution >= 0.6 is 22.9 Å². The lowest BCUT2D eigenvalue weighted by Crippen LogP contribution is -2.10. The molecule has 0 atom stereocenters. The first-order chi connectivity index (χ1) is 6.35. The monoisotopic (exact) mass is 214 g/mol. The highest BCUT2D eigenvalue weighted by Crippen LogP contribution is 2.25. The molecule has 0 radical (unpaired) electrons. The van der Waals surface area contributed by atoms with Gasteiger partial charge in [-0.2, -0.15) is 0 Å². The van der Waals surface area contributed by atoms with Crippen molar-refractivity contribution in [3.05, 3.63) is 17.3 Å². The molecule has 0 aliphatic heterocycles. The molecule has 2 rings (SSSR count). The lowest BCUT2D eigenvalue weighted by molar-refractivity contribution is 1.06. The summed E-state index contributed by atoms with van der Waals surface area (Å²) in [7, 11) is 0. The van der Waals surface area contributed by atoms with Gasteiger partial charge in [-0.05, 0) is 11.4 Å². The lowest BCUT2D eigenvalue weighted by Gasteiger charge is -2.01. The summed E-state index contributed by atoms with van der Waals surface area (Å²) in [5, 5.41) is 1.94. The van der Waals surface area contributed by atoms with Crippen molar-refractivity contribution in [2.75, 3.05) is 5.43 Å². The van der Waals surface area contributed by atoms with Crippen molar-refractivity contribution in [2.45, 2.75) is 5.88 Å². The maximum atomic E-state index is 5.63. The first-order valence-corrected chi connectivity index (χ1v) is 5.03. The number of fused-ring (bicyclic) bond motifs is 1. The van der Waals surface area contributed by atoms with Crippen LogP contribution in [0, 0.1) is 0 Å². The third kappa shape index (κ3) is 1.46. The molecule has 0 saturated carbocycles. The van der Waals surface area contributed by atoms with Gasteiger partial charge in [0.2, 0.25) is 0 Å². The number of thiophene rings is 1. The van der Waals surface area contributed by atoms with E-state index in [4.69, 9.17) is 17.4 Å². The van der Waals surface area contributed by atoms with Gasteiger partial charge >= 0.3 is 0 Å². The Hall–Kier alpha value is -0.910. The van der Waals surface area contributed by atoms with E-state index in [9.17, 15) is 0 Å². The SMILES string of the molecule is NNc1nc(CCl)nc2ccsc12. The smallest absolute Gasteiger partial charge is 0.161 e. The summed E-state index contributed by atoms with van der Waals surface area (Å²) in [6, 6.07) is 1.92. The number of nitrogens with zero attached hydrogens (tertiary/aromatic N) is 2. The number of rotatable bonds is 2. The molecule has 3 N–H and O–H groups in total. The number of anilines is 1. The summed E-state index contributed by atoms with van der Waals surface area (Å²) >= 11 is 7.18. The van der Waals surface area contributed by atoms with Crippen LogP contribution in [-0.4, -0.2) is 9.97 Å². The number of hydrazine groups is 1. The van der Waals surface area contributed by atoms with E-state index in [1.807, 2.05) is 11.4 Å². The molecular weight excluding hydrogens is 208 g/mol. The van der Waals surface area contributed by atoms with Gasteiger partial charge in [-0.1, -0.05) is 0 Å². The van der Waals surface area contributed by atoms with Crippen molar-refractivity contribution in [1.29, 1.82) is 0 Å². The van der Waals surface area contributed by atoms with Crippen LogP contribution in [-0.2, 0) is 5.88 Å². The number of hydrogen-bond donors (Lipinski definition) is 2. The Labute approximate surface area is 83.7 Å². The van der Waals surface area contributed by atoms with Gasteiger partial charge < -0.3 is 5.43 Å². The van der Waals surface area contributed by atoms with Gasteiger partial charge in [-0.3, -0.25) is 0 Å². The van der Waals surface area contributed by atoms with Gasteiger partial charge in [-0.15, -0.1) is 22.9 Å². The average Bonchev–Trinajstić information content (AvgIpc) is 2.63. The molecule has 2 aromatic rings. The number of halogens is 1. The number of nitrogens with one attached hydrogen (secondary N) is 1. The Kier molecular flexibility index (Phi) is 2.30. The summed E-state index contributed by atoms with van der Waals surface area (Å²) in [5.74, 6) is 6.83. The van der Waals surface area contributed by atoms with Crippen LogP contribution in [0.15, 0.2) is 11.4 Å². The topological polar surface area (TPSA) is 63.8 Å². The second kappa shape index (κ2) is 3.45. The van der Waals surface area contributed by atoms with Crippen molar-refractivity contribution >= 4 is 39.0 Å². The lowest BCUT2D eigenvalue weighted by atomic mass is 10.4. The molecule has 0 aliphatic rings. The molecule has 0 amide bonds. The van der Waals surface area contributed by atoms with Crippen LogP contribution in [0.5, 0.6) is 0 Å². The van der Waals surface area contributed by atoms with Gasteiger partial charge in [0, 0.05) is 0 Å². The quantitative estimate of drug-likeness (QED) is 0.454. The van der Waals surface area contributed by atoms with E-state index in [-0.39, 0.29) is 0 Å². The molecule has 6 heteroatoms. The minimum Gasteiger partial charge on any atom is -0.307 e. The van der Waals surface area contributed by atoms with Crippen molar-refractivity contribution in [2.24, 2.45) is 5.84 Å². The van der Waals surface area contributed by atoms with Crippen molar-refractivity contribution in [3.63, 3.8) is 0 Å². The predicted molar refractivity (Wildman–Crippen MR) is 54.8 cm³/mol. The summed E-state index contributed by atoms with van der Waals surface area (Å²) in [6.07, 6.45) is 0. The Bertz CT molecular complexity index is 427. The Morgan fingerprint density at radius 2 is 2.38 bits per heavy atom. The van der Waals surface area contributed by atoms with Crippen LogP contribution in [0.2, 0.25) is 0 Å². The molecule has 4 nitrogen and oxygen atoms in total. The number of alkyl halides is 1. The van der Waals surface area contributed by atoms with E-state index in [1.54, 1.807) is 11.3 Å². The molecule has 0 spiro atoms. The van der Waals surface area contributed by atoms with E-state index < -0.39 is 0 Å². The van der Waals surface area contributed by atoms with E-state index in [0.29, 0.717) is 17.5 Å². The minimum absolute atomic E-state index is 0.292. The second-order valence-electron chi connectivity index (χ2n) is 2.40. The molecular formula is C7H7ClN4S. The standard InChI is InChI=1S/C7H7ClN4S/c8-3-5-10-4-1-2-13-6(4)7(11-5)12-9/h1-2H,3,9H2,(H,10,11,12). The fourth-order valence-electron chi connectivity index (χ4n) is 1.07. The van der Waals surface area contributed by atoms with E-state index >= 15 is 0 Å². The number of aromatic nitrogens is 2. The summed E-state index contributed by atoms with van der Waals surface area (Å²) in [5.41, 5.74) is 3.41. The largest absolute Gasteiger partial charge is 0.307 e. The van der Waals surface area contributed by atoms with Gasteiger partial charge in [0.25, 0.3) is 0 Å². The normalized spacial score (nSPS) is 10.6. The first-order valence-electron chi connectivity index (χ1n) is 3.62. The summed E-state index contributed by atoms with van der Waals surface area (Å²) in [6.45, 7) is 0. The fraction of sp³-hybridized carbons (Fsp3) is 0.143. The van der Waals surface area contributed by atoms with Crippen LogP contribution in [0.25, 0.3) is 10.2 Å². The van der Waals surface area contributed by atoms with Crippen LogP contribution in [0.4, 0.5) is 5.82 Å². The first kappa shape index (κ1) is 8.68. The molecule has 0 fully saturated rings. The van der Waals surface area contributed by atoms with Crippen LogP contribution in [0.1, 0.15) is 5.82 Å². The number of nitrogens with two attached hydrogens (primary N) is 1. The summed E-state index contributed by atoms with van der Waals surface area (Å²) < 4.78 is 0.955. The zero-order chi connectivity index (χ0) is 9.26. The van der Waals surface area contributed by atoms with Gasteiger partial charge in [0.15, 0.2) is 5.82 Å². The molecule has 0 aliphatic carbocycles. The van der Waals surface area contributed by atoms with Gasteiger partial charge in [0.1, 0.15) is 5.82 Å². The van der Waals surface area contributed by atoms with E-state index in [2.05, 4.69) is 15.4 Å². The summed E-state index contributed by atoms with van der Waals surface area (Å²) in [4.78, 5) is 8.38. The molecule has 0 aromatic carbocycles. The van der Waals surface area contributed by atoms with E-state index in [1.165, 1.54) is 0 Å². The van der Waals surface area contributed by atoms with Gasteiger partial charge in [-0.25, -0.2) is 15.8 Å². The molecule has 0 saturated heterocycles. The molecule has 2 aromatic heterocycles. The van der Waals surface area contributed by atoms with E-state index in [0.717, 1.165) is 10.2 Å². The third-order valence-electron chi connectivity index (χ3n) is 1.61. The zero-order valence-electron chi connectivity index (χ0n) is 6.62. The van der Waals surface area contributed by atoms with Crippen molar-refractivity contribution in [1.82, 2.24) is 9.97 Å². The Morgan fingerprint density at radius 1 is 1.54 bits per heavy atom. The highest BCUT2D eigenvalue weighted by molar-refractivity contribution is 7.17. The zero-order valence-corrected chi connectivity index (χ0v) is 8.19. The van der Waals surface area contributed by atoms with Crippen LogP contribution < -0.4 is 11.3 Å². The van der Waals surface area contributed by atoms with Crippen molar-refractivity contribution in [3.8, 4) is 0 Å². The third-order valence-corrected chi connectivity index (χ3v) is 2.76. The van der Waals surface area contributed by atoms with Crippen molar-refractivity contribution < 1.29 is 0 Å². The highest BCUT2D eigenvalue weighted by Gasteiger charge is 2.06. The predicted octanol–water partition coefficient (Wildman–Crippen LogP) is 1.72. The second-order valence-corrected chi connectivity index (χ2v) is 3.58.